The number of para-hydroxylation sites is 1. The predicted octanol–water partition coefficient (Wildman–Crippen LogP) is 4.56. The second-order valence-corrected chi connectivity index (χ2v) is 13.1. The molecule has 12 nitrogen and oxygen atoms in total. The van der Waals surface area contributed by atoms with Gasteiger partial charge in [0.25, 0.3) is 0 Å². The van der Waals surface area contributed by atoms with Crippen LogP contribution in [0.3, 0.4) is 0 Å². The fourth-order valence-corrected chi connectivity index (χ4v) is 6.88. The van der Waals surface area contributed by atoms with Crippen LogP contribution in [0.2, 0.25) is 0 Å². The van der Waals surface area contributed by atoms with E-state index < -0.39 is 41.5 Å². The number of ketones is 1. The molecule has 2 aromatic carbocycles. The van der Waals surface area contributed by atoms with Gasteiger partial charge in [0, 0.05) is 23.6 Å². The van der Waals surface area contributed by atoms with Crippen molar-refractivity contribution in [3.05, 3.63) is 82.8 Å². The average molecular weight is 641 g/mol. The predicted molar refractivity (Wildman–Crippen MR) is 168 cm³/mol. The van der Waals surface area contributed by atoms with Crippen LogP contribution in [0.25, 0.3) is 11.6 Å². The van der Waals surface area contributed by atoms with E-state index in [1.165, 1.54) is 13.4 Å². The van der Waals surface area contributed by atoms with Crippen LogP contribution >= 0.6 is 0 Å². The number of esters is 1. The quantitative estimate of drug-likeness (QED) is 0.243. The maximum atomic E-state index is 14.0. The number of rotatable bonds is 7. The Kier molecular flexibility index (Phi) is 7.42. The third-order valence-corrected chi connectivity index (χ3v) is 9.34. The average Bonchev–Trinajstić information content (AvgIpc) is 3.83. The normalized spacial score (nSPS) is 23.1. The van der Waals surface area contributed by atoms with E-state index in [4.69, 9.17) is 23.3 Å². The van der Waals surface area contributed by atoms with E-state index in [0.29, 0.717) is 11.5 Å². The van der Waals surface area contributed by atoms with Gasteiger partial charge in [-0.3, -0.25) is 9.59 Å². The largest absolute Gasteiger partial charge is 0.469 e. The van der Waals surface area contributed by atoms with Gasteiger partial charge in [-0.25, -0.2) is 14.8 Å². The van der Waals surface area contributed by atoms with Crippen LogP contribution in [0.15, 0.2) is 57.6 Å². The van der Waals surface area contributed by atoms with E-state index in [1.54, 1.807) is 13.8 Å². The fraction of sp³-hybridized carbons (Fsp3) is 0.400. The number of hydrogen-bond acceptors (Lipinski definition) is 11. The zero-order valence-electron chi connectivity index (χ0n) is 26.7. The van der Waals surface area contributed by atoms with Crippen molar-refractivity contribution in [3.63, 3.8) is 0 Å². The standard InChI is InChI=1S/C35H36N4O8/c1-16(2)26-32-39-27(31-36-23(15-45-31)33(43)44-5)29(47-32)35-20-8-6-7-9-22(20)37-34(35)46-25-11-10-18(13-21(25)35)12-19(30(42)38-26)14-24(40)28(41)17(3)4/h6-11,13,15-17,19,26,28,34,37,41H,12,14H2,1-5H3,(H,38,42)/t19-,26+,28+,34+,35?/m1/s1. The van der Waals surface area contributed by atoms with Gasteiger partial charge in [0.1, 0.15) is 29.6 Å². The summed E-state index contributed by atoms with van der Waals surface area (Å²) in [5.41, 5.74) is 2.42. The number of carbonyl (C=O) groups is 3. The number of aromatic nitrogens is 2. The number of hydrogen-bond donors (Lipinski definition) is 3. The molecule has 3 aliphatic heterocycles. The van der Waals surface area contributed by atoms with Crippen molar-refractivity contribution >= 4 is 23.3 Å². The monoisotopic (exact) mass is 640 g/mol. The van der Waals surface area contributed by atoms with E-state index in [2.05, 4.69) is 15.6 Å². The minimum atomic E-state index is -1.18. The van der Waals surface area contributed by atoms with Gasteiger partial charge in [0.15, 0.2) is 29.2 Å². The SMILES string of the molecule is COC(=O)c1coc(-c2nc3oc2C24c5ccccc5N[C@H]2Oc2ccc(cc24)C[C@H](CC(=O)[C@@H](O)C(C)C)C(=O)N[C@H]3C(C)C)n1. The molecule has 0 aliphatic carbocycles. The van der Waals surface area contributed by atoms with E-state index in [1.807, 2.05) is 56.3 Å². The lowest BCUT2D eigenvalue weighted by Gasteiger charge is -2.28. The van der Waals surface area contributed by atoms with Crippen LogP contribution in [-0.4, -0.2) is 52.2 Å². The molecule has 3 aliphatic rings. The zero-order chi connectivity index (χ0) is 33.2. The molecule has 3 N–H and O–H groups in total. The molecule has 244 valence electrons. The van der Waals surface area contributed by atoms with Gasteiger partial charge in [-0.1, -0.05) is 58.0 Å². The number of nitrogens with zero attached hydrogens (tertiary/aromatic N) is 2. The third kappa shape index (κ3) is 4.81. The van der Waals surface area contributed by atoms with Crippen molar-refractivity contribution in [2.24, 2.45) is 17.8 Å². The second-order valence-electron chi connectivity index (χ2n) is 13.1. The molecule has 47 heavy (non-hydrogen) atoms. The summed E-state index contributed by atoms with van der Waals surface area (Å²) in [4.78, 5) is 48.8. The topological polar surface area (TPSA) is 166 Å². The molecule has 0 radical (unpaired) electrons. The van der Waals surface area contributed by atoms with E-state index in [9.17, 15) is 19.5 Å². The molecule has 1 amide bonds. The number of Topliss-reactive ketones (excluding diaryl/α,β-unsaturated/α-hetero) is 1. The first-order valence-electron chi connectivity index (χ1n) is 15.8. The van der Waals surface area contributed by atoms with E-state index in [0.717, 1.165) is 22.4 Å². The Hall–Kier alpha value is -4.97. The highest BCUT2D eigenvalue weighted by molar-refractivity contribution is 5.90. The molecular formula is C35H36N4O8. The Morgan fingerprint density at radius 3 is 2.62 bits per heavy atom. The summed E-state index contributed by atoms with van der Waals surface area (Å²) < 4.78 is 24.0. The summed E-state index contributed by atoms with van der Waals surface area (Å²) in [7, 11) is 1.26. The van der Waals surface area contributed by atoms with Gasteiger partial charge in [-0.05, 0) is 41.5 Å². The Morgan fingerprint density at radius 2 is 1.87 bits per heavy atom. The molecule has 1 unspecified atom stereocenters. The number of amides is 1. The molecule has 0 saturated carbocycles. The van der Waals surface area contributed by atoms with Crippen LogP contribution in [-0.2, 0) is 26.2 Å². The molecule has 5 heterocycles. The van der Waals surface area contributed by atoms with E-state index in [-0.39, 0.29) is 53.8 Å². The summed E-state index contributed by atoms with van der Waals surface area (Å²) in [6.45, 7) is 7.39. The number of carbonyl (C=O) groups excluding carboxylic acids is 3. The maximum Gasteiger partial charge on any atom is 0.360 e. The Labute approximate surface area is 270 Å². The summed E-state index contributed by atoms with van der Waals surface area (Å²) in [5.74, 6) is -1.47. The van der Waals surface area contributed by atoms with Crippen molar-refractivity contribution in [1.82, 2.24) is 15.3 Å². The molecular weight excluding hydrogens is 604 g/mol. The molecule has 2 aromatic heterocycles. The Bertz CT molecular complexity index is 1890. The highest BCUT2D eigenvalue weighted by Gasteiger charge is 2.61. The van der Waals surface area contributed by atoms with Gasteiger partial charge in [0.2, 0.25) is 17.7 Å². The number of anilines is 1. The van der Waals surface area contributed by atoms with Gasteiger partial charge in [0.05, 0.1) is 7.11 Å². The van der Waals surface area contributed by atoms with Crippen molar-refractivity contribution in [1.29, 1.82) is 0 Å². The lowest BCUT2D eigenvalue weighted by molar-refractivity contribution is -0.135. The molecule has 0 saturated heterocycles. The number of fused-ring (bicyclic) bond motifs is 4. The van der Waals surface area contributed by atoms with Crippen LogP contribution in [0.4, 0.5) is 5.69 Å². The third-order valence-electron chi connectivity index (χ3n) is 9.34. The molecule has 12 heteroatoms. The molecule has 5 atom stereocenters. The fourth-order valence-electron chi connectivity index (χ4n) is 6.88. The first-order valence-corrected chi connectivity index (χ1v) is 15.8. The lowest BCUT2D eigenvalue weighted by Crippen LogP contribution is -2.41. The smallest absolute Gasteiger partial charge is 0.360 e. The summed E-state index contributed by atoms with van der Waals surface area (Å²) in [6, 6.07) is 12.8. The summed E-state index contributed by atoms with van der Waals surface area (Å²) in [6.07, 6.45) is -0.520. The Balaban J connectivity index is 1.48. The molecule has 4 aromatic rings. The lowest BCUT2D eigenvalue weighted by atomic mass is 9.72. The minimum Gasteiger partial charge on any atom is -0.469 e. The van der Waals surface area contributed by atoms with Crippen LogP contribution in [0.1, 0.15) is 79.0 Å². The van der Waals surface area contributed by atoms with Crippen molar-refractivity contribution in [2.45, 2.75) is 64.3 Å². The van der Waals surface area contributed by atoms with E-state index >= 15 is 0 Å². The highest BCUT2D eigenvalue weighted by Crippen LogP contribution is 2.59. The number of benzene rings is 2. The first kappa shape index (κ1) is 30.7. The van der Waals surface area contributed by atoms with Gasteiger partial charge >= 0.3 is 5.97 Å². The van der Waals surface area contributed by atoms with Crippen LogP contribution in [0.5, 0.6) is 5.75 Å². The van der Waals surface area contributed by atoms with Gasteiger partial charge < -0.3 is 34.0 Å². The molecule has 7 rings (SSSR count). The zero-order valence-corrected chi connectivity index (χ0v) is 26.7. The number of aliphatic hydroxyl groups is 1. The second kappa shape index (κ2) is 11.4. The Morgan fingerprint density at radius 1 is 1.09 bits per heavy atom. The number of ether oxygens (including phenoxy) is 2. The van der Waals surface area contributed by atoms with Crippen molar-refractivity contribution in [3.8, 4) is 17.3 Å². The summed E-state index contributed by atoms with van der Waals surface area (Å²) in [5, 5.41) is 17.2. The number of oxazole rings is 2. The van der Waals surface area contributed by atoms with Crippen molar-refractivity contribution in [2.75, 3.05) is 12.4 Å². The first-order chi connectivity index (χ1) is 22.5. The number of methoxy groups -OCH3 is 1. The minimum absolute atomic E-state index is 0.0346. The number of nitrogens with one attached hydrogen (secondary N) is 2. The van der Waals surface area contributed by atoms with Gasteiger partial charge in [-0.15, -0.1) is 0 Å². The highest BCUT2D eigenvalue weighted by atomic mass is 16.5. The van der Waals surface area contributed by atoms with Crippen LogP contribution in [0, 0.1) is 17.8 Å². The molecule has 0 fully saturated rings. The summed E-state index contributed by atoms with van der Waals surface area (Å²) >= 11 is 0. The van der Waals surface area contributed by atoms with Gasteiger partial charge in [-0.2, -0.15) is 0 Å². The molecule has 1 spiro atoms. The maximum absolute atomic E-state index is 14.0. The van der Waals surface area contributed by atoms with Crippen molar-refractivity contribution < 1.29 is 37.8 Å². The number of aliphatic hydroxyl groups excluding tert-OH is 1. The van der Waals surface area contributed by atoms with Crippen LogP contribution < -0.4 is 15.4 Å². The molecule has 4 bridgehead atoms.